The van der Waals surface area contributed by atoms with E-state index in [1.165, 1.54) is 0 Å². The third kappa shape index (κ3) is 5.59. The molecule has 162 valence electrons. The summed E-state index contributed by atoms with van der Waals surface area (Å²) in [7, 11) is -2.62. The molecule has 0 aromatic carbocycles. The number of carbonyl (C=O) groups is 2. The lowest BCUT2D eigenvalue weighted by Gasteiger charge is -2.29. The van der Waals surface area contributed by atoms with Gasteiger partial charge in [0.2, 0.25) is 0 Å². The van der Waals surface area contributed by atoms with Gasteiger partial charge in [0.1, 0.15) is 22.9 Å². The van der Waals surface area contributed by atoms with Crippen LogP contribution in [0, 0.1) is 11.8 Å². The van der Waals surface area contributed by atoms with Crippen LogP contribution in [-0.2, 0) is 23.2 Å². The van der Waals surface area contributed by atoms with Crippen molar-refractivity contribution in [3.8, 4) is 0 Å². The Labute approximate surface area is 173 Å². The molecule has 2 atom stereocenters. The van der Waals surface area contributed by atoms with Gasteiger partial charge in [0.25, 0.3) is 0 Å². The smallest absolute Gasteiger partial charge is 0.321 e. The van der Waals surface area contributed by atoms with Crippen molar-refractivity contribution >= 4 is 29.6 Å². The Hall–Kier alpha value is -0.426. The first kappa shape index (κ1) is 23.8. The Morgan fingerprint density at radius 1 is 0.964 bits per heavy atom. The highest BCUT2D eigenvalue weighted by atomic mass is 28.4. The predicted molar refractivity (Wildman–Crippen MR) is 114 cm³/mol. The Morgan fingerprint density at radius 3 is 1.68 bits per heavy atom. The highest BCUT2D eigenvalue weighted by molar-refractivity contribution is 7.21. The van der Waals surface area contributed by atoms with Crippen molar-refractivity contribution in [1.82, 2.24) is 9.80 Å². The Bertz CT molecular complexity index is 504. The van der Waals surface area contributed by atoms with Crippen molar-refractivity contribution in [3.63, 3.8) is 0 Å². The van der Waals surface area contributed by atoms with Crippen molar-refractivity contribution < 1.29 is 23.2 Å². The van der Waals surface area contributed by atoms with E-state index in [0.29, 0.717) is 61.5 Å². The van der Waals surface area contributed by atoms with Gasteiger partial charge >= 0.3 is 8.32 Å². The molecule has 0 amide bonds. The molecule has 2 aliphatic heterocycles. The van der Waals surface area contributed by atoms with Crippen LogP contribution in [0.15, 0.2) is 0 Å². The minimum absolute atomic E-state index is 0.0139. The van der Waals surface area contributed by atoms with E-state index in [0.717, 1.165) is 13.1 Å². The molecule has 0 aromatic heterocycles. The molecule has 2 unspecified atom stereocenters. The molecule has 28 heavy (non-hydrogen) atoms. The zero-order chi connectivity index (χ0) is 20.9. The fourth-order valence-electron chi connectivity index (χ4n) is 4.10. The number of ether oxygens (including phenoxy) is 2. The third-order valence-corrected chi connectivity index (χ3v) is 11.8. The standard InChI is InChI=1S/C19H38N2O5Si2/c1-14(2)18-20(10-12-24-18)8-6-16(22)28(5,26-27)17(23)7-9-21-11-13-25-19(21)15(3)4/h14-15,18-19H,6-13H2,1-5,27H3. The first-order valence-electron chi connectivity index (χ1n) is 10.5. The summed E-state index contributed by atoms with van der Waals surface area (Å²) in [6.07, 6.45) is 0.864. The van der Waals surface area contributed by atoms with E-state index in [4.69, 9.17) is 13.6 Å². The second kappa shape index (κ2) is 10.6. The van der Waals surface area contributed by atoms with Gasteiger partial charge in [-0.15, -0.1) is 0 Å². The number of carbonyl (C=O) groups excluding carboxylic acids is 2. The van der Waals surface area contributed by atoms with Gasteiger partial charge in [-0.1, -0.05) is 27.7 Å². The molecule has 2 aliphatic rings. The first-order valence-corrected chi connectivity index (χ1v) is 13.8. The van der Waals surface area contributed by atoms with Gasteiger partial charge in [-0.25, -0.2) is 0 Å². The van der Waals surface area contributed by atoms with Crippen LogP contribution in [0.2, 0.25) is 6.55 Å². The lowest BCUT2D eigenvalue weighted by molar-refractivity contribution is -0.118. The molecule has 0 saturated carbocycles. The topological polar surface area (TPSA) is 68.3 Å². The van der Waals surface area contributed by atoms with E-state index in [-0.39, 0.29) is 23.3 Å². The van der Waals surface area contributed by atoms with Gasteiger partial charge in [-0.3, -0.25) is 9.80 Å². The molecular formula is C19H38N2O5Si2. The van der Waals surface area contributed by atoms with Crippen LogP contribution < -0.4 is 0 Å². The van der Waals surface area contributed by atoms with Crippen LogP contribution >= 0.6 is 0 Å². The summed E-state index contributed by atoms with van der Waals surface area (Å²) in [5, 5.41) is 0.0278. The van der Waals surface area contributed by atoms with Crippen molar-refractivity contribution in [2.24, 2.45) is 11.8 Å². The molecule has 0 N–H and O–H groups in total. The molecule has 2 rings (SSSR count). The third-order valence-electron chi connectivity index (χ3n) is 5.92. The zero-order valence-corrected chi connectivity index (χ0v) is 21.4. The van der Waals surface area contributed by atoms with E-state index in [1.807, 2.05) is 0 Å². The van der Waals surface area contributed by atoms with Crippen LogP contribution in [0.5, 0.6) is 0 Å². The van der Waals surface area contributed by atoms with E-state index < -0.39 is 8.32 Å². The van der Waals surface area contributed by atoms with Gasteiger partial charge in [0, 0.05) is 39.0 Å². The van der Waals surface area contributed by atoms with Crippen molar-refractivity contribution in [2.45, 2.75) is 59.5 Å². The maximum Gasteiger partial charge on any atom is 0.321 e. The summed E-state index contributed by atoms with van der Waals surface area (Å²) in [6.45, 7) is 14.7. The lowest BCUT2D eigenvalue weighted by atomic mass is 10.2. The monoisotopic (exact) mass is 430 g/mol. The van der Waals surface area contributed by atoms with Crippen molar-refractivity contribution in [2.75, 3.05) is 39.4 Å². The highest BCUT2D eigenvalue weighted by Crippen LogP contribution is 2.21. The van der Waals surface area contributed by atoms with E-state index >= 15 is 0 Å². The number of rotatable bonds is 11. The SMILES string of the molecule is CC(C)C1OCCN1CCC(=O)[Si](C)(O[SiH3])C(=O)CCN1CCOC1C(C)C. The van der Waals surface area contributed by atoms with Crippen LogP contribution in [0.4, 0.5) is 0 Å². The molecule has 0 bridgehead atoms. The maximum atomic E-state index is 13.0. The van der Waals surface area contributed by atoms with E-state index in [2.05, 4.69) is 37.5 Å². The molecule has 0 radical (unpaired) electrons. The predicted octanol–water partition coefficient (Wildman–Crippen LogP) is 0.484. The highest BCUT2D eigenvalue weighted by Gasteiger charge is 2.44. The van der Waals surface area contributed by atoms with E-state index in [9.17, 15) is 9.59 Å². The average molecular weight is 431 g/mol. The molecule has 9 heteroatoms. The largest absolute Gasteiger partial charge is 0.454 e. The van der Waals surface area contributed by atoms with E-state index in [1.54, 1.807) is 6.55 Å². The molecule has 0 aliphatic carbocycles. The minimum Gasteiger partial charge on any atom is -0.454 e. The number of hydrogen-bond acceptors (Lipinski definition) is 7. The summed E-state index contributed by atoms with van der Waals surface area (Å²) < 4.78 is 17.2. The fraction of sp³-hybridized carbons (Fsp3) is 0.895. The van der Waals surface area contributed by atoms with Crippen LogP contribution in [-0.4, -0.2) is 91.3 Å². The molecule has 0 spiro atoms. The van der Waals surface area contributed by atoms with Crippen molar-refractivity contribution in [3.05, 3.63) is 0 Å². The summed E-state index contributed by atoms with van der Waals surface area (Å²) >= 11 is 0. The van der Waals surface area contributed by atoms with Gasteiger partial charge in [-0.2, -0.15) is 0 Å². The molecule has 7 nitrogen and oxygen atoms in total. The normalized spacial score (nSPS) is 26.4. The molecular weight excluding hydrogens is 392 g/mol. The second-order valence-electron chi connectivity index (χ2n) is 8.67. The van der Waals surface area contributed by atoms with Gasteiger partial charge in [-0.05, 0) is 18.4 Å². The molecule has 2 heterocycles. The second-order valence-corrected chi connectivity index (χ2v) is 13.5. The Morgan fingerprint density at radius 2 is 1.36 bits per heavy atom. The molecule has 2 saturated heterocycles. The van der Waals surface area contributed by atoms with Crippen LogP contribution in [0.25, 0.3) is 0 Å². The maximum absolute atomic E-state index is 13.0. The molecule has 2 fully saturated rings. The molecule has 0 aromatic rings. The summed E-state index contributed by atoms with van der Waals surface area (Å²) in [6, 6.07) is 0. The van der Waals surface area contributed by atoms with Gasteiger partial charge in [0.05, 0.1) is 13.2 Å². The minimum atomic E-state index is -3.02. The zero-order valence-electron chi connectivity index (χ0n) is 18.4. The van der Waals surface area contributed by atoms with Crippen molar-refractivity contribution in [1.29, 1.82) is 0 Å². The van der Waals surface area contributed by atoms with Gasteiger partial charge in [0.15, 0.2) is 10.8 Å². The van der Waals surface area contributed by atoms with Gasteiger partial charge < -0.3 is 23.2 Å². The van der Waals surface area contributed by atoms with Crippen LogP contribution in [0.3, 0.4) is 0 Å². The number of hydrogen-bond donors (Lipinski definition) is 0. The average Bonchev–Trinajstić information content (AvgIpc) is 3.32. The summed E-state index contributed by atoms with van der Waals surface area (Å²) in [4.78, 5) is 30.4. The van der Waals surface area contributed by atoms with Crippen LogP contribution in [0.1, 0.15) is 40.5 Å². The lowest BCUT2D eigenvalue weighted by Crippen LogP contribution is -2.54. The Kier molecular flexibility index (Phi) is 8.99. The number of nitrogens with zero attached hydrogens (tertiary/aromatic N) is 2. The quantitative estimate of drug-likeness (QED) is 0.442. The summed E-state index contributed by atoms with van der Waals surface area (Å²) in [5.74, 6) is 0.767. The fourth-order valence-corrected chi connectivity index (χ4v) is 7.41. The first-order chi connectivity index (χ1) is 13.2. The Balaban J connectivity index is 1.89. The summed E-state index contributed by atoms with van der Waals surface area (Å²) in [5.41, 5.74) is 0.